The molecule has 2 aromatic heterocycles. The highest BCUT2D eigenvalue weighted by Crippen LogP contribution is 2.27. The smallest absolute Gasteiger partial charge is 0.202 e. The van der Waals surface area contributed by atoms with Gasteiger partial charge in [-0.3, -0.25) is 4.79 Å². The van der Waals surface area contributed by atoms with Crippen LogP contribution in [0.2, 0.25) is 5.02 Å². The highest BCUT2D eigenvalue weighted by atomic mass is 35.5. The Morgan fingerprint density at radius 2 is 2.00 bits per heavy atom. The SMILES string of the molecule is O=c1c2cnc(N3CCCC3)cc2oc2c(Cl)cccc12. The lowest BCUT2D eigenvalue weighted by molar-refractivity contribution is 0.659. The van der Waals surface area contributed by atoms with Crippen LogP contribution in [0, 0.1) is 0 Å². The number of halogens is 1. The first-order valence-electron chi connectivity index (χ1n) is 7.00. The van der Waals surface area contributed by atoms with Gasteiger partial charge in [0.25, 0.3) is 0 Å². The van der Waals surface area contributed by atoms with Crippen LogP contribution in [0.1, 0.15) is 12.8 Å². The Kier molecular flexibility index (Phi) is 2.86. The summed E-state index contributed by atoms with van der Waals surface area (Å²) in [5, 5.41) is 1.43. The molecule has 0 spiro atoms. The predicted octanol–water partition coefficient (Wildman–Crippen LogP) is 3.59. The number of benzene rings is 1. The lowest BCUT2D eigenvalue weighted by Crippen LogP contribution is -2.19. The molecule has 3 aromatic rings. The topological polar surface area (TPSA) is 46.3 Å². The van der Waals surface area contributed by atoms with Crippen molar-refractivity contribution in [2.75, 3.05) is 18.0 Å². The molecular formula is C16H13ClN2O2. The fourth-order valence-corrected chi connectivity index (χ4v) is 3.06. The van der Waals surface area contributed by atoms with Crippen LogP contribution in [0.25, 0.3) is 21.9 Å². The normalized spacial score (nSPS) is 15.2. The van der Waals surface area contributed by atoms with Gasteiger partial charge < -0.3 is 9.32 Å². The second-order valence-electron chi connectivity index (χ2n) is 5.28. The fraction of sp³-hybridized carbons (Fsp3) is 0.250. The average Bonchev–Trinajstić information content (AvgIpc) is 3.02. The number of fused-ring (bicyclic) bond motifs is 2. The van der Waals surface area contributed by atoms with Crippen molar-refractivity contribution in [2.24, 2.45) is 0 Å². The monoisotopic (exact) mass is 300 g/mol. The van der Waals surface area contributed by atoms with Crippen LogP contribution in [0.5, 0.6) is 0 Å². The molecule has 0 unspecified atom stereocenters. The quantitative estimate of drug-likeness (QED) is 0.644. The Morgan fingerprint density at radius 1 is 1.19 bits per heavy atom. The lowest BCUT2D eigenvalue weighted by atomic mass is 10.2. The van der Waals surface area contributed by atoms with Crippen molar-refractivity contribution in [3.05, 3.63) is 45.7 Å². The molecule has 0 amide bonds. The van der Waals surface area contributed by atoms with Crippen LogP contribution in [0.4, 0.5) is 5.82 Å². The Bertz CT molecular complexity index is 898. The zero-order valence-corrected chi connectivity index (χ0v) is 12.1. The van der Waals surface area contributed by atoms with Gasteiger partial charge in [0.05, 0.1) is 15.8 Å². The molecule has 1 aliphatic rings. The van der Waals surface area contributed by atoms with Crippen LogP contribution in [0.3, 0.4) is 0 Å². The molecule has 0 N–H and O–H groups in total. The molecule has 4 nitrogen and oxygen atoms in total. The van der Waals surface area contributed by atoms with E-state index in [0.717, 1.165) is 18.9 Å². The summed E-state index contributed by atoms with van der Waals surface area (Å²) in [5.74, 6) is 0.856. The van der Waals surface area contributed by atoms with Gasteiger partial charge in [0, 0.05) is 25.4 Å². The van der Waals surface area contributed by atoms with E-state index in [-0.39, 0.29) is 5.43 Å². The summed E-state index contributed by atoms with van der Waals surface area (Å²) in [6.45, 7) is 1.99. The largest absolute Gasteiger partial charge is 0.454 e. The van der Waals surface area contributed by atoms with E-state index in [9.17, 15) is 4.79 Å². The van der Waals surface area contributed by atoms with Crippen LogP contribution in [-0.4, -0.2) is 18.1 Å². The third-order valence-electron chi connectivity index (χ3n) is 3.95. The van der Waals surface area contributed by atoms with Gasteiger partial charge in [-0.05, 0) is 25.0 Å². The lowest BCUT2D eigenvalue weighted by Gasteiger charge is -2.16. The molecule has 3 heterocycles. The maximum absolute atomic E-state index is 12.5. The Morgan fingerprint density at radius 3 is 2.81 bits per heavy atom. The number of para-hydroxylation sites is 1. The van der Waals surface area contributed by atoms with Crippen molar-refractivity contribution in [2.45, 2.75) is 12.8 Å². The summed E-state index contributed by atoms with van der Waals surface area (Å²) in [5.41, 5.74) is 0.891. The number of aromatic nitrogens is 1. The van der Waals surface area contributed by atoms with Crippen molar-refractivity contribution in [1.29, 1.82) is 0 Å². The van der Waals surface area contributed by atoms with Gasteiger partial charge in [0.2, 0.25) is 5.43 Å². The van der Waals surface area contributed by atoms with E-state index in [0.29, 0.717) is 27.0 Å². The van der Waals surface area contributed by atoms with Crippen molar-refractivity contribution < 1.29 is 4.42 Å². The standard InChI is InChI=1S/C16H13ClN2O2/c17-12-5-3-4-10-15(20)11-9-18-14(19-6-1-2-7-19)8-13(11)21-16(10)12/h3-5,8-9H,1-2,6-7H2. The number of hydrogen-bond donors (Lipinski definition) is 0. The predicted molar refractivity (Wildman–Crippen MR) is 84.2 cm³/mol. The Labute approximate surface area is 125 Å². The molecule has 1 aliphatic heterocycles. The third-order valence-corrected chi connectivity index (χ3v) is 4.25. The van der Waals surface area contributed by atoms with E-state index in [1.165, 1.54) is 12.8 Å². The maximum atomic E-state index is 12.5. The van der Waals surface area contributed by atoms with Crippen LogP contribution >= 0.6 is 11.6 Å². The summed E-state index contributed by atoms with van der Waals surface area (Å²) >= 11 is 6.14. The highest BCUT2D eigenvalue weighted by Gasteiger charge is 2.16. The minimum absolute atomic E-state index is 0.0887. The molecule has 1 saturated heterocycles. The molecule has 0 atom stereocenters. The molecule has 1 aromatic carbocycles. The van der Waals surface area contributed by atoms with E-state index >= 15 is 0 Å². The molecule has 0 saturated carbocycles. The average molecular weight is 301 g/mol. The highest BCUT2D eigenvalue weighted by molar-refractivity contribution is 6.34. The third kappa shape index (κ3) is 1.98. The van der Waals surface area contributed by atoms with E-state index < -0.39 is 0 Å². The maximum Gasteiger partial charge on any atom is 0.202 e. The molecule has 0 radical (unpaired) electrons. The second-order valence-corrected chi connectivity index (χ2v) is 5.69. The number of nitrogens with zero attached hydrogens (tertiary/aromatic N) is 2. The molecule has 1 fully saturated rings. The Hall–Kier alpha value is -2.07. The van der Waals surface area contributed by atoms with Crippen molar-refractivity contribution in [3.63, 3.8) is 0 Å². The molecule has 21 heavy (non-hydrogen) atoms. The first-order valence-corrected chi connectivity index (χ1v) is 7.38. The molecule has 4 rings (SSSR count). The van der Waals surface area contributed by atoms with Gasteiger partial charge in [0.15, 0.2) is 5.58 Å². The van der Waals surface area contributed by atoms with Gasteiger partial charge in [-0.2, -0.15) is 0 Å². The van der Waals surface area contributed by atoms with Gasteiger partial charge >= 0.3 is 0 Å². The van der Waals surface area contributed by atoms with E-state index in [1.807, 2.05) is 6.07 Å². The molecule has 0 aliphatic carbocycles. The van der Waals surface area contributed by atoms with Crippen molar-refractivity contribution in [1.82, 2.24) is 4.98 Å². The summed E-state index contributed by atoms with van der Waals surface area (Å²) in [6, 6.07) is 7.03. The van der Waals surface area contributed by atoms with Gasteiger partial charge in [-0.1, -0.05) is 17.7 Å². The van der Waals surface area contributed by atoms with Gasteiger partial charge in [0.1, 0.15) is 11.4 Å². The van der Waals surface area contributed by atoms with Crippen molar-refractivity contribution in [3.8, 4) is 0 Å². The summed E-state index contributed by atoms with van der Waals surface area (Å²) < 4.78 is 5.86. The van der Waals surface area contributed by atoms with E-state index in [1.54, 1.807) is 24.4 Å². The van der Waals surface area contributed by atoms with Crippen molar-refractivity contribution >= 4 is 39.4 Å². The number of pyridine rings is 1. The molecular weight excluding hydrogens is 288 g/mol. The Balaban J connectivity index is 2.00. The van der Waals surface area contributed by atoms with Crippen LogP contribution in [-0.2, 0) is 0 Å². The van der Waals surface area contributed by atoms with Crippen LogP contribution in [0.15, 0.2) is 39.7 Å². The minimum Gasteiger partial charge on any atom is -0.454 e. The first-order chi connectivity index (χ1) is 10.2. The number of anilines is 1. The fourth-order valence-electron chi connectivity index (χ4n) is 2.85. The number of hydrogen-bond acceptors (Lipinski definition) is 4. The minimum atomic E-state index is -0.0887. The van der Waals surface area contributed by atoms with Gasteiger partial charge in [-0.15, -0.1) is 0 Å². The zero-order chi connectivity index (χ0) is 14.4. The molecule has 106 valence electrons. The van der Waals surface area contributed by atoms with Crippen LogP contribution < -0.4 is 10.3 Å². The molecule has 0 bridgehead atoms. The summed E-state index contributed by atoms with van der Waals surface area (Å²) in [7, 11) is 0. The summed E-state index contributed by atoms with van der Waals surface area (Å²) in [6.07, 6.45) is 3.95. The number of rotatable bonds is 1. The van der Waals surface area contributed by atoms with E-state index in [2.05, 4.69) is 9.88 Å². The molecule has 5 heteroatoms. The van der Waals surface area contributed by atoms with E-state index in [4.69, 9.17) is 16.0 Å². The zero-order valence-electron chi connectivity index (χ0n) is 11.3. The summed E-state index contributed by atoms with van der Waals surface area (Å²) in [4.78, 5) is 19.1. The first kappa shape index (κ1) is 12.7. The van der Waals surface area contributed by atoms with Gasteiger partial charge in [-0.25, -0.2) is 4.98 Å². The second kappa shape index (κ2) is 4.74.